The lowest BCUT2D eigenvalue weighted by atomic mass is 10.0. The van der Waals surface area contributed by atoms with E-state index in [4.69, 9.17) is 4.74 Å². The number of carbonyl (C=O) groups excluding carboxylic acids is 2. The number of amides is 1. The molecule has 0 aromatic heterocycles. The monoisotopic (exact) mass is 328 g/mol. The molecule has 0 saturated carbocycles. The Bertz CT molecular complexity index is 452. The Morgan fingerprint density at radius 1 is 1.18 bits per heavy atom. The summed E-state index contributed by atoms with van der Waals surface area (Å²) in [6, 6.07) is 9.10. The van der Waals surface area contributed by atoms with E-state index in [0.29, 0.717) is 13.0 Å². The minimum absolute atomic E-state index is 0. The van der Waals surface area contributed by atoms with Gasteiger partial charge in [0.2, 0.25) is 5.91 Å². The molecule has 0 aliphatic carbocycles. The fourth-order valence-electron chi connectivity index (χ4n) is 1.92. The number of rotatable bonds is 8. The molecule has 1 atom stereocenters. The van der Waals surface area contributed by atoms with E-state index in [1.165, 1.54) is 0 Å². The van der Waals surface area contributed by atoms with Gasteiger partial charge in [0.1, 0.15) is 0 Å². The van der Waals surface area contributed by atoms with Crippen LogP contribution in [0.15, 0.2) is 30.3 Å². The Kier molecular flexibility index (Phi) is 10.2. The second-order valence-corrected chi connectivity index (χ2v) is 5.13. The lowest BCUT2D eigenvalue weighted by molar-refractivity contribution is -0.148. The molecule has 2 N–H and O–H groups in total. The van der Waals surface area contributed by atoms with E-state index in [9.17, 15) is 9.59 Å². The molecule has 5 nitrogen and oxygen atoms in total. The van der Waals surface area contributed by atoms with Gasteiger partial charge in [0.15, 0.2) is 0 Å². The highest BCUT2D eigenvalue weighted by Gasteiger charge is 2.19. The first-order chi connectivity index (χ1) is 10.0. The Hall–Kier alpha value is -1.59. The van der Waals surface area contributed by atoms with Crippen molar-refractivity contribution < 1.29 is 14.3 Å². The summed E-state index contributed by atoms with van der Waals surface area (Å²) < 4.78 is 5.16. The fraction of sp³-hybridized carbons (Fsp3) is 0.500. The van der Waals surface area contributed by atoms with Crippen LogP contribution < -0.4 is 10.6 Å². The zero-order valence-corrected chi connectivity index (χ0v) is 14.1. The smallest absolute Gasteiger partial charge is 0.308 e. The highest BCUT2D eigenvalue weighted by Crippen LogP contribution is 2.17. The Morgan fingerprint density at radius 2 is 1.82 bits per heavy atom. The second kappa shape index (κ2) is 11.0. The van der Waals surface area contributed by atoms with E-state index in [2.05, 4.69) is 10.6 Å². The van der Waals surface area contributed by atoms with Crippen molar-refractivity contribution in [2.45, 2.75) is 38.8 Å². The molecule has 1 aromatic carbocycles. The first-order valence-electron chi connectivity index (χ1n) is 7.21. The van der Waals surface area contributed by atoms with Crippen molar-refractivity contribution in [1.82, 2.24) is 10.6 Å². The molecule has 1 unspecified atom stereocenters. The second-order valence-electron chi connectivity index (χ2n) is 5.13. The maximum absolute atomic E-state index is 11.9. The number of carbonyl (C=O) groups is 2. The highest BCUT2D eigenvalue weighted by atomic mass is 35.5. The molecule has 1 rings (SSSR count). The summed E-state index contributed by atoms with van der Waals surface area (Å²) in [6.07, 6.45) is 0.348. The molecule has 0 radical (unpaired) electrons. The molecule has 0 aliphatic heterocycles. The molecular formula is C16H25ClN2O3. The highest BCUT2D eigenvalue weighted by molar-refractivity contribution is 5.85. The third-order valence-corrected chi connectivity index (χ3v) is 2.88. The van der Waals surface area contributed by atoms with Gasteiger partial charge in [-0.25, -0.2) is 0 Å². The molecule has 0 bridgehead atoms. The average molecular weight is 329 g/mol. The largest absolute Gasteiger partial charge is 0.463 e. The summed E-state index contributed by atoms with van der Waals surface area (Å²) in [5.74, 6) is -0.400. The van der Waals surface area contributed by atoms with Crippen molar-refractivity contribution in [2.75, 3.05) is 13.6 Å². The van der Waals surface area contributed by atoms with E-state index in [1.807, 2.05) is 30.3 Å². The van der Waals surface area contributed by atoms with E-state index in [-0.39, 0.29) is 42.9 Å². The lowest BCUT2D eigenvalue weighted by Gasteiger charge is -2.19. The number of benzene rings is 1. The maximum atomic E-state index is 11.9. The van der Waals surface area contributed by atoms with Crippen LogP contribution >= 0.6 is 12.4 Å². The average Bonchev–Trinajstić information content (AvgIpc) is 2.44. The summed E-state index contributed by atoms with van der Waals surface area (Å²) in [7, 11) is 1.79. The van der Waals surface area contributed by atoms with Crippen LogP contribution in [0.2, 0.25) is 0 Å². The lowest BCUT2D eigenvalue weighted by Crippen LogP contribution is -2.32. The van der Waals surface area contributed by atoms with Gasteiger partial charge >= 0.3 is 5.97 Å². The van der Waals surface area contributed by atoms with Gasteiger partial charge in [0.25, 0.3) is 0 Å². The van der Waals surface area contributed by atoms with Crippen LogP contribution in [-0.4, -0.2) is 31.6 Å². The first-order valence-corrected chi connectivity index (χ1v) is 7.21. The first kappa shape index (κ1) is 20.4. The summed E-state index contributed by atoms with van der Waals surface area (Å²) in [4.78, 5) is 23.7. The number of hydrogen-bond acceptors (Lipinski definition) is 4. The van der Waals surface area contributed by atoms with E-state index in [1.54, 1.807) is 20.9 Å². The Labute approximate surface area is 138 Å². The van der Waals surface area contributed by atoms with Crippen molar-refractivity contribution in [2.24, 2.45) is 0 Å². The summed E-state index contributed by atoms with van der Waals surface area (Å²) in [5, 5.41) is 5.82. The van der Waals surface area contributed by atoms with Gasteiger partial charge in [0, 0.05) is 13.0 Å². The Balaban J connectivity index is 0.00000441. The molecule has 0 saturated heterocycles. The van der Waals surface area contributed by atoms with Crippen molar-refractivity contribution in [3.63, 3.8) is 0 Å². The molecule has 0 spiro atoms. The summed E-state index contributed by atoms with van der Waals surface area (Å²) in [5.41, 5.74) is 0.899. The van der Waals surface area contributed by atoms with E-state index >= 15 is 0 Å². The zero-order valence-electron chi connectivity index (χ0n) is 13.3. The van der Waals surface area contributed by atoms with Crippen LogP contribution in [0.4, 0.5) is 0 Å². The minimum Gasteiger partial charge on any atom is -0.463 e. The van der Waals surface area contributed by atoms with Crippen LogP contribution in [0.25, 0.3) is 0 Å². The summed E-state index contributed by atoms with van der Waals surface area (Å²) in [6.45, 7) is 4.21. The van der Waals surface area contributed by atoms with Gasteiger partial charge in [-0.1, -0.05) is 30.3 Å². The molecule has 22 heavy (non-hydrogen) atoms. The summed E-state index contributed by atoms with van der Waals surface area (Å²) >= 11 is 0. The number of esters is 1. The van der Waals surface area contributed by atoms with Gasteiger partial charge in [-0.2, -0.15) is 0 Å². The molecular weight excluding hydrogens is 304 g/mol. The minimum atomic E-state index is -0.359. The number of hydrogen-bond donors (Lipinski definition) is 2. The standard InChI is InChI=1S/C16H24N2O3.ClH/c1-12(2)21-16(20)11-14(13-7-5-4-6-8-13)18-15(19)9-10-17-3;/h4-8,12,14,17H,9-11H2,1-3H3,(H,18,19);1H. The van der Waals surface area contributed by atoms with Gasteiger partial charge in [-0.15, -0.1) is 12.4 Å². The third-order valence-electron chi connectivity index (χ3n) is 2.88. The zero-order chi connectivity index (χ0) is 15.7. The third kappa shape index (κ3) is 8.00. The van der Waals surface area contributed by atoms with Crippen LogP contribution in [0.3, 0.4) is 0 Å². The van der Waals surface area contributed by atoms with Crippen molar-refractivity contribution in [3.05, 3.63) is 35.9 Å². The fourth-order valence-corrected chi connectivity index (χ4v) is 1.92. The normalized spacial score (nSPS) is 11.5. The van der Waals surface area contributed by atoms with Gasteiger partial charge in [-0.05, 0) is 26.5 Å². The van der Waals surface area contributed by atoms with E-state index < -0.39 is 0 Å². The number of ether oxygens (including phenoxy) is 1. The predicted molar refractivity (Wildman–Crippen MR) is 89.0 cm³/mol. The Morgan fingerprint density at radius 3 is 2.36 bits per heavy atom. The van der Waals surface area contributed by atoms with Crippen molar-refractivity contribution in [3.8, 4) is 0 Å². The quantitative estimate of drug-likeness (QED) is 0.718. The van der Waals surface area contributed by atoms with Crippen molar-refractivity contribution in [1.29, 1.82) is 0 Å². The molecule has 124 valence electrons. The van der Waals surface area contributed by atoms with Crippen LogP contribution in [0, 0.1) is 0 Å². The number of halogens is 1. The molecule has 1 aromatic rings. The molecule has 1 amide bonds. The molecule has 0 aliphatic rings. The van der Waals surface area contributed by atoms with Crippen LogP contribution in [0.1, 0.15) is 38.3 Å². The number of nitrogens with one attached hydrogen (secondary N) is 2. The molecule has 0 heterocycles. The van der Waals surface area contributed by atoms with Gasteiger partial charge < -0.3 is 15.4 Å². The maximum Gasteiger partial charge on any atom is 0.308 e. The van der Waals surface area contributed by atoms with Crippen LogP contribution in [0.5, 0.6) is 0 Å². The molecule has 6 heteroatoms. The van der Waals surface area contributed by atoms with Crippen LogP contribution in [-0.2, 0) is 14.3 Å². The van der Waals surface area contributed by atoms with Gasteiger partial charge in [0.05, 0.1) is 18.6 Å². The predicted octanol–water partition coefficient (Wildman–Crippen LogP) is 2.22. The topological polar surface area (TPSA) is 67.4 Å². The van der Waals surface area contributed by atoms with Crippen molar-refractivity contribution >= 4 is 24.3 Å². The SMILES string of the molecule is CNCCC(=O)NC(CC(=O)OC(C)C)c1ccccc1.Cl. The van der Waals surface area contributed by atoms with Gasteiger partial charge in [-0.3, -0.25) is 9.59 Å². The molecule has 0 fully saturated rings. The van der Waals surface area contributed by atoms with E-state index in [0.717, 1.165) is 5.56 Å².